The third-order valence-corrected chi connectivity index (χ3v) is 7.12. The number of hydrogen-bond acceptors (Lipinski definition) is 2. The Labute approximate surface area is 120 Å². The van der Waals surface area contributed by atoms with E-state index in [2.05, 4.69) is 18.4 Å². The number of aliphatic hydroxyl groups is 1. The Bertz CT molecular complexity index is 440. The molecule has 4 fully saturated rings. The van der Waals surface area contributed by atoms with Gasteiger partial charge in [-0.1, -0.05) is 0 Å². The lowest BCUT2D eigenvalue weighted by Crippen LogP contribution is -2.46. The standard InChI is InChI=1S/C17H24OS/c1-11-2-3-19-16(11)15(18)10-17-7-12-4-13(8-17)6-14(5-12)9-17/h2-3,12-15,18H,4-10H2,1H3. The van der Waals surface area contributed by atoms with E-state index in [9.17, 15) is 5.11 Å². The van der Waals surface area contributed by atoms with Crippen LogP contribution in [0, 0.1) is 30.1 Å². The summed E-state index contributed by atoms with van der Waals surface area (Å²) in [6.07, 6.45) is 9.50. The molecule has 0 spiro atoms. The molecule has 0 aliphatic heterocycles. The van der Waals surface area contributed by atoms with E-state index in [0.717, 1.165) is 24.2 Å². The predicted molar refractivity (Wildman–Crippen MR) is 79.2 cm³/mol. The van der Waals surface area contributed by atoms with Gasteiger partial charge in [0.15, 0.2) is 0 Å². The highest BCUT2D eigenvalue weighted by Gasteiger charge is 2.51. The molecule has 1 unspecified atom stereocenters. The molecule has 4 aliphatic rings. The minimum absolute atomic E-state index is 0.212. The minimum Gasteiger partial charge on any atom is -0.388 e. The van der Waals surface area contributed by atoms with Crippen molar-refractivity contribution in [1.29, 1.82) is 0 Å². The zero-order valence-electron chi connectivity index (χ0n) is 11.8. The van der Waals surface area contributed by atoms with Crippen molar-refractivity contribution in [3.05, 3.63) is 21.9 Å². The maximum Gasteiger partial charge on any atom is 0.0889 e. The largest absolute Gasteiger partial charge is 0.388 e. The Hall–Kier alpha value is -0.340. The molecule has 1 nitrogen and oxygen atoms in total. The van der Waals surface area contributed by atoms with Gasteiger partial charge in [0.2, 0.25) is 0 Å². The van der Waals surface area contributed by atoms with Gasteiger partial charge >= 0.3 is 0 Å². The third kappa shape index (κ3) is 2.08. The molecule has 1 N–H and O–H groups in total. The maximum atomic E-state index is 10.7. The van der Waals surface area contributed by atoms with Crippen LogP contribution in [-0.2, 0) is 0 Å². The second-order valence-electron chi connectivity index (χ2n) is 7.61. The molecule has 4 aliphatic carbocycles. The second kappa shape index (κ2) is 4.33. The summed E-state index contributed by atoms with van der Waals surface area (Å²) >= 11 is 1.74. The topological polar surface area (TPSA) is 20.2 Å². The molecular formula is C17H24OS. The van der Waals surface area contributed by atoms with E-state index in [1.165, 1.54) is 49.0 Å². The fourth-order valence-corrected chi connectivity index (χ4v) is 6.68. The van der Waals surface area contributed by atoms with Gasteiger partial charge in [0.05, 0.1) is 6.10 Å². The highest BCUT2D eigenvalue weighted by molar-refractivity contribution is 7.10. The molecule has 104 valence electrons. The van der Waals surface area contributed by atoms with Crippen molar-refractivity contribution in [2.24, 2.45) is 23.2 Å². The first-order chi connectivity index (χ1) is 9.13. The van der Waals surface area contributed by atoms with Crippen LogP contribution in [0.15, 0.2) is 11.4 Å². The highest BCUT2D eigenvalue weighted by Crippen LogP contribution is 2.62. The average molecular weight is 276 g/mol. The summed E-state index contributed by atoms with van der Waals surface area (Å²) in [5, 5.41) is 12.8. The highest BCUT2D eigenvalue weighted by atomic mass is 32.1. The molecule has 4 saturated carbocycles. The lowest BCUT2D eigenvalue weighted by molar-refractivity contribution is -0.0760. The molecule has 1 aromatic heterocycles. The normalized spacial score (nSPS) is 41.7. The van der Waals surface area contributed by atoms with Crippen LogP contribution in [0.1, 0.15) is 61.5 Å². The number of rotatable bonds is 3. The summed E-state index contributed by atoms with van der Waals surface area (Å²) in [5.41, 5.74) is 1.77. The van der Waals surface area contributed by atoms with Crippen molar-refractivity contribution in [2.75, 3.05) is 0 Å². The molecule has 1 heterocycles. The van der Waals surface area contributed by atoms with Crippen LogP contribution in [0.5, 0.6) is 0 Å². The van der Waals surface area contributed by atoms with E-state index in [1.807, 2.05) is 0 Å². The van der Waals surface area contributed by atoms with E-state index in [0.29, 0.717) is 5.41 Å². The molecule has 0 amide bonds. The fraction of sp³-hybridized carbons (Fsp3) is 0.765. The van der Waals surface area contributed by atoms with Gasteiger partial charge in [-0.25, -0.2) is 0 Å². The lowest BCUT2D eigenvalue weighted by atomic mass is 9.48. The van der Waals surface area contributed by atoms with Gasteiger partial charge in [-0.05, 0) is 92.0 Å². The molecule has 5 rings (SSSR count). The number of thiophene rings is 1. The zero-order chi connectivity index (χ0) is 13.0. The van der Waals surface area contributed by atoms with Crippen LogP contribution < -0.4 is 0 Å². The van der Waals surface area contributed by atoms with Gasteiger partial charge in [-0.3, -0.25) is 0 Å². The van der Waals surface area contributed by atoms with E-state index in [4.69, 9.17) is 0 Å². The van der Waals surface area contributed by atoms with Gasteiger partial charge in [-0.2, -0.15) is 0 Å². The summed E-state index contributed by atoms with van der Waals surface area (Å²) < 4.78 is 0. The third-order valence-electron chi connectivity index (χ3n) is 6.00. The summed E-state index contributed by atoms with van der Waals surface area (Å²) in [4.78, 5) is 1.22. The maximum absolute atomic E-state index is 10.7. The first-order valence-electron chi connectivity index (χ1n) is 7.86. The Morgan fingerprint density at radius 2 is 1.79 bits per heavy atom. The van der Waals surface area contributed by atoms with Crippen LogP contribution >= 0.6 is 11.3 Å². The van der Waals surface area contributed by atoms with Gasteiger partial charge in [0.25, 0.3) is 0 Å². The second-order valence-corrected chi connectivity index (χ2v) is 8.55. The van der Waals surface area contributed by atoms with Gasteiger partial charge in [0.1, 0.15) is 0 Å². The summed E-state index contributed by atoms with van der Waals surface area (Å²) in [5.74, 6) is 2.97. The average Bonchev–Trinajstić information content (AvgIpc) is 2.72. The molecule has 19 heavy (non-hydrogen) atoms. The monoisotopic (exact) mass is 276 g/mol. The molecule has 1 aromatic rings. The molecular weight excluding hydrogens is 252 g/mol. The summed E-state index contributed by atoms with van der Waals surface area (Å²) in [6, 6.07) is 2.14. The number of aryl methyl sites for hydroxylation is 1. The van der Waals surface area contributed by atoms with E-state index in [-0.39, 0.29) is 6.10 Å². The van der Waals surface area contributed by atoms with Crippen LogP contribution in [-0.4, -0.2) is 5.11 Å². The van der Waals surface area contributed by atoms with E-state index >= 15 is 0 Å². The van der Waals surface area contributed by atoms with Gasteiger partial charge in [0, 0.05) is 4.88 Å². The Kier molecular flexibility index (Phi) is 2.82. The fourth-order valence-electron chi connectivity index (χ4n) is 5.77. The zero-order valence-corrected chi connectivity index (χ0v) is 12.6. The van der Waals surface area contributed by atoms with E-state index in [1.54, 1.807) is 11.3 Å². The molecule has 0 radical (unpaired) electrons. The Morgan fingerprint density at radius 1 is 1.21 bits per heavy atom. The van der Waals surface area contributed by atoms with Crippen molar-refractivity contribution < 1.29 is 5.11 Å². The first kappa shape index (κ1) is 12.4. The summed E-state index contributed by atoms with van der Waals surface area (Å²) in [7, 11) is 0. The van der Waals surface area contributed by atoms with Crippen molar-refractivity contribution in [3.63, 3.8) is 0 Å². The molecule has 1 atom stereocenters. The van der Waals surface area contributed by atoms with Crippen LogP contribution in [0.25, 0.3) is 0 Å². The van der Waals surface area contributed by atoms with Crippen molar-refractivity contribution in [2.45, 2.75) is 58.0 Å². The SMILES string of the molecule is Cc1ccsc1C(O)CC12CC3CC(CC(C3)C1)C2. The smallest absolute Gasteiger partial charge is 0.0889 e. The molecule has 0 aromatic carbocycles. The minimum atomic E-state index is -0.212. The molecule has 0 saturated heterocycles. The van der Waals surface area contributed by atoms with Crippen molar-refractivity contribution in [3.8, 4) is 0 Å². The van der Waals surface area contributed by atoms with Crippen LogP contribution in [0.2, 0.25) is 0 Å². The molecule has 4 bridgehead atoms. The number of hydrogen-bond donors (Lipinski definition) is 1. The number of aliphatic hydroxyl groups excluding tert-OH is 1. The molecule has 2 heteroatoms. The lowest BCUT2D eigenvalue weighted by Gasteiger charge is -2.57. The van der Waals surface area contributed by atoms with Crippen molar-refractivity contribution >= 4 is 11.3 Å². The quantitative estimate of drug-likeness (QED) is 0.848. The van der Waals surface area contributed by atoms with Gasteiger partial charge < -0.3 is 5.11 Å². The first-order valence-corrected chi connectivity index (χ1v) is 8.74. The Balaban J connectivity index is 1.55. The predicted octanol–water partition coefficient (Wildman–Crippen LogP) is 4.70. The van der Waals surface area contributed by atoms with E-state index < -0.39 is 0 Å². The summed E-state index contributed by atoms with van der Waals surface area (Å²) in [6.45, 7) is 2.13. The van der Waals surface area contributed by atoms with Gasteiger partial charge in [-0.15, -0.1) is 11.3 Å². The van der Waals surface area contributed by atoms with Crippen molar-refractivity contribution in [1.82, 2.24) is 0 Å². The Morgan fingerprint density at radius 3 is 2.26 bits per heavy atom. The van der Waals surface area contributed by atoms with Crippen LogP contribution in [0.4, 0.5) is 0 Å². The van der Waals surface area contributed by atoms with Crippen LogP contribution in [0.3, 0.4) is 0 Å².